The largest absolute Gasteiger partial charge is 0.497 e. The topological polar surface area (TPSA) is 30.5 Å². The third-order valence-electron chi connectivity index (χ3n) is 4.35. The van der Waals surface area contributed by atoms with Crippen LogP contribution >= 0.6 is 0 Å². The maximum absolute atomic E-state index is 5.66. The van der Waals surface area contributed by atoms with Gasteiger partial charge in [-0.05, 0) is 53.9 Å². The molecule has 3 heteroatoms. The molecule has 2 atom stereocenters. The van der Waals surface area contributed by atoms with Crippen LogP contribution in [0.2, 0.25) is 0 Å². The van der Waals surface area contributed by atoms with Crippen LogP contribution in [0.1, 0.15) is 36.1 Å². The van der Waals surface area contributed by atoms with Gasteiger partial charge in [0.25, 0.3) is 0 Å². The number of hydrogen-bond acceptors (Lipinski definition) is 3. The summed E-state index contributed by atoms with van der Waals surface area (Å²) in [5.74, 6) is 0.903. The third kappa shape index (κ3) is 2.07. The van der Waals surface area contributed by atoms with Crippen molar-refractivity contribution in [3.63, 3.8) is 0 Å². The van der Waals surface area contributed by atoms with Crippen molar-refractivity contribution in [2.45, 2.75) is 25.0 Å². The van der Waals surface area contributed by atoms with Gasteiger partial charge in [-0.2, -0.15) is 0 Å². The first-order chi connectivity index (χ1) is 9.78. The Hall–Kier alpha value is -1.58. The summed E-state index contributed by atoms with van der Waals surface area (Å²) in [4.78, 5) is 0. The molecule has 106 valence electrons. The molecule has 2 unspecified atom stereocenters. The van der Waals surface area contributed by atoms with Crippen LogP contribution in [0.5, 0.6) is 5.75 Å². The van der Waals surface area contributed by atoms with Crippen molar-refractivity contribution >= 4 is 10.8 Å². The van der Waals surface area contributed by atoms with Gasteiger partial charge in [-0.15, -0.1) is 0 Å². The van der Waals surface area contributed by atoms with Crippen LogP contribution in [-0.2, 0) is 4.74 Å². The summed E-state index contributed by atoms with van der Waals surface area (Å²) in [6, 6.07) is 11.0. The first-order valence-corrected chi connectivity index (χ1v) is 7.09. The van der Waals surface area contributed by atoms with E-state index in [4.69, 9.17) is 9.47 Å². The third-order valence-corrected chi connectivity index (χ3v) is 4.35. The highest BCUT2D eigenvalue weighted by molar-refractivity contribution is 5.89. The molecule has 0 heterocycles. The molecule has 2 aromatic rings. The fourth-order valence-electron chi connectivity index (χ4n) is 3.29. The van der Waals surface area contributed by atoms with Crippen LogP contribution in [0.3, 0.4) is 0 Å². The van der Waals surface area contributed by atoms with Gasteiger partial charge in [0, 0.05) is 13.2 Å². The summed E-state index contributed by atoms with van der Waals surface area (Å²) in [5.41, 5.74) is 2.67. The van der Waals surface area contributed by atoms with Gasteiger partial charge in [-0.1, -0.05) is 18.2 Å². The van der Waals surface area contributed by atoms with E-state index in [9.17, 15) is 0 Å². The maximum atomic E-state index is 5.66. The molecule has 1 N–H and O–H groups in total. The molecule has 0 bridgehead atoms. The molecule has 3 rings (SSSR count). The smallest absolute Gasteiger partial charge is 0.119 e. The van der Waals surface area contributed by atoms with E-state index in [1.54, 1.807) is 14.2 Å². The molecular formula is C17H21NO2. The molecule has 0 saturated heterocycles. The number of fused-ring (bicyclic) bond motifs is 3. The summed E-state index contributed by atoms with van der Waals surface area (Å²) < 4.78 is 11.0. The average Bonchev–Trinajstić information content (AvgIpc) is 2.52. The number of nitrogens with one attached hydrogen (secondary N) is 1. The van der Waals surface area contributed by atoms with Gasteiger partial charge in [0.15, 0.2) is 0 Å². The van der Waals surface area contributed by atoms with Crippen LogP contribution in [-0.4, -0.2) is 21.3 Å². The average molecular weight is 271 g/mol. The van der Waals surface area contributed by atoms with Gasteiger partial charge in [0.1, 0.15) is 5.75 Å². The van der Waals surface area contributed by atoms with Gasteiger partial charge in [0.05, 0.1) is 13.2 Å². The highest BCUT2D eigenvalue weighted by Gasteiger charge is 2.28. The zero-order valence-electron chi connectivity index (χ0n) is 12.3. The molecule has 3 nitrogen and oxygen atoms in total. The standard InChI is InChI=1S/C17H21NO2/c1-18-15-8-9-16(20-3)13-7-5-11-4-6-12(19-2)10-14(11)17(13)15/h4-7,10,15-16,18H,8-9H2,1-3H3. The molecule has 0 aliphatic heterocycles. The molecule has 0 saturated carbocycles. The number of benzene rings is 2. The highest BCUT2D eigenvalue weighted by atomic mass is 16.5. The minimum atomic E-state index is 0.199. The van der Waals surface area contributed by atoms with Crippen molar-refractivity contribution < 1.29 is 9.47 Å². The Morgan fingerprint density at radius 2 is 1.90 bits per heavy atom. The molecule has 0 spiro atoms. The second kappa shape index (κ2) is 5.43. The summed E-state index contributed by atoms with van der Waals surface area (Å²) in [6.45, 7) is 0. The van der Waals surface area contributed by atoms with E-state index >= 15 is 0 Å². The second-order valence-electron chi connectivity index (χ2n) is 5.30. The molecule has 2 aromatic carbocycles. The molecule has 0 radical (unpaired) electrons. The van der Waals surface area contributed by atoms with Crippen molar-refractivity contribution in [2.24, 2.45) is 0 Å². The van der Waals surface area contributed by atoms with Crippen molar-refractivity contribution in [2.75, 3.05) is 21.3 Å². The lowest BCUT2D eigenvalue weighted by Gasteiger charge is -2.32. The minimum Gasteiger partial charge on any atom is -0.497 e. The molecular weight excluding hydrogens is 250 g/mol. The molecule has 0 aromatic heterocycles. The van der Waals surface area contributed by atoms with E-state index in [1.165, 1.54) is 21.9 Å². The molecule has 1 aliphatic rings. The monoisotopic (exact) mass is 271 g/mol. The fraction of sp³-hybridized carbons (Fsp3) is 0.412. The van der Waals surface area contributed by atoms with E-state index in [0.29, 0.717) is 6.04 Å². The van der Waals surface area contributed by atoms with Crippen LogP contribution in [0.25, 0.3) is 10.8 Å². The van der Waals surface area contributed by atoms with Crippen LogP contribution < -0.4 is 10.1 Å². The van der Waals surface area contributed by atoms with E-state index in [-0.39, 0.29) is 6.10 Å². The van der Waals surface area contributed by atoms with E-state index in [0.717, 1.165) is 18.6 Å². The summed E-state index contributed by atoms with van der Waals surface area (Å²) in [5, 5.41) is 5.96. The van der Waals surface area contributed by atoms with Gasteiger partial charge in [0.2, 0.25) is 0 Å². The zero-order valence-corrected chi connectivity index (χ0v) is 12.3. The van der Waals surface area contributed by atoms with Crippen LogP contribution in [0.4, 0.5) is 0 Å². The quantitative estimate of drug-likeness (QED) is 0.925. The van der Waals surface area contributed by atoms with E-state index in [1.807, 2.05) is 13.1 Å². The Morgan fingerprint density at radius 1 is 1.10 bits per heavy atom. The summed E-state index contributed by atoms with van der Waals surface area (Å²) in [7, 11) is 5.54. The number of rotatable bonds is 3. The van der Waals surface area contributed by atoms with Gasteiger partial charge in [-0.25, -0.2) is 0 Å². The van der Waals surface area contributed by atoms with Crippen molar-refractivity contribution in [3.8, 4) is 5.75 Å². The minimum absolute atomic E-state index is 0.199. The first kappa shape index (κ1) is 13.4. The predicted octanol–water partition coefficient (Wildman–Crippen LogP) is 3.59. The predicted molar refractivity (Wildman–Crippen MR) is 81.3 cm³/mol. The molecule has 20 heavy (non-hydrogen) atoms. The van der Waals surface area contributed by atoms with Gasteiger partial charge in [-0.3, -0.25) is 0 Å². The number of hydrogen-bond donors (Lipinski definition) is 1. The molecule has 1 aliphatic carbocycles. The lowest BCUT2D eigenvalue weighted by Crippen LogP contribution is -2.24. The zero-order chi connectivity index (χ0) is 14.1. The van der Waals surface area contributed by atoms with Crippen molar-refractivity contribution in [1.82, 2.24) is 5.32 Å². The van der Waals surface area contributed by atoms with Gasteiger partial charge < -0.3 is 14.8 Å². The van der Waals surface area contributed by atoms with E-state index < -0.39 is 0 Å². The number of methoxy groups -OCH3 is 2. The lowest BCUT2D eigenvalue weighted by atomic mass is 9.82. The second-order valence-corrected chi connectivity index (χ2v) is 5.30. The van der Waals surface area contributed by atoms with Crippen molar-refractivity contribution in [3.05, 3.63) is 41.5 Å². The Kier molecular flexibility index (Phi) is 3.64. The van der Waals surface area contributed by atoms with Crippen molar-refractivity contribution in [1.29, 1.82) is 0 Å². The Labute approximate surface area is 119 Å². The molecule has 0 amide bonds. The Bertz CT molecular complexity index is 624. The summed E-state index contributed by atoms with van der Waals surface area (Å²) >= 11 is 0. The van der Waals surface area contributed by atoms with E-state index in [2.05, 4.69) is 29.6 Å². The van der Waals surface area contributed by atoms with Crippen LogP contribution in [0.15, 0.2) is 30.3 Å². The lowest BCUT2D eigenvalue weighted by molar-refractivity contribution is 0.0831. The van der Waals surface area contributed by atoms with Crippen LogP contribution in [0, 0.1) is 0 Å². The van der Waals surface area contributed by atoms with Gasteiger partial charge >= 0.3 is 0 Å². The summed E-state index contributed by atoms with van der Waals surface area (Å²) in [6.07, 6.45) is 2.35. The fourth-order valence-corrected chi connectivity index (χ4v) is 3.29. The SMILES string of the molecule is CNC1CCC(OC)c2ccc3ccc(OC)cc3c21. The Morgan fingerprint density at radius 3 is 2.60 bits per heavy atom. The Balaban J connectivity index is 2.27. The normalized spacial score (nSPS) is 21.8. The number of ether oxygens (including phenoxy) is 2. The molecule has 0 fully saturated rings. The first-order valence-electron chi connectivity index (χ1n) is 7.09. The maximum Gasteiger partial charge on any atom is 0.119 e. The highest BCUT2D eigenvalue weighted by Crippen LogP contribution is 2.42.